The maximum absolute atomic E-state index is 12.8. The Hall–Kier alpha value is -2.35. The molecule has 1 amide bonds. The summed E-state index contributed by atoms with van der Waals surface area (Å²) < 4.78 is 11.5. The molecule has 130 valence electrons. The minimum absolute atomic E-state index is 0.0886. The van der Waals surface area contributed by atoms with E-state index in [2.05, 4.69) is 18.2 Å². The SMILES string of the molecule is C#CCN1C(=O)[C@@](O)(C(=C=C)c2ccccc2)[C@@H]1[C@H]1COC(C)(C)O1. The second-order valence-corrected chi connectivity index (χ2v) is 6.63. The Morgan fingerprint density at radius 2 is 2.12 bits per heavy atom. The number of carbonyl (C=O) groups excluding carboxylic acids is 1. The van der Waals surface area contributed by atoms with Crippen LogP contribution in [0.3, 0.4) is 0 Å². The minimum atomic E-state index is -1.80. The molecule has 2 saturated heterocycles. The number of hydrogen-bond acceptors (Lipinski definition) is 4. The Kier molecular flexibility index (Phi) is 4.32. The maximum atomic E-state index is 12.8. The fourth-order valence-corrected chi connectivity index (χ4v) is 3.56. The van der Waals surface area contributed by atoms with Crippen molar-refractivity contribution in [1.82, 2.24) is 4.90 Å². The van der Waals surface area contributed by atoms with Crippen LogP contribution in [0.2, 0.25) is 0 Å². The Labute approximate surface area is 147 Å². The van der Waals surface area contributed by atoms with Gasteiger partial charge in [-0.05, 0) is 19.4 Å². The van der Waals surface area contributed by atoms with E-state index in [1.54, 1.807) is 26.0 Å². The molecule has 2 heterocycles. The molecule has 1 aromatic carbocycles. The number of hydrogen-bond donors (Lipinski definition) is 1. The molecule has 5 heteroatoms. The first-order valence-electron chi connectivity index (χ1n) is 8.10. The largest absolute Gasteiger partial charge is 0.373 e. The number of carbonyl (C=O) groups is 1. The van der Waals surface area contributed by atoms with Crippen LogP contribution >= 0.6 is 0 Å². The number of ether oxygens (including phenoxy) is 2. The molecule has 0 saturated carbocycles. The summed E-state index contributed by atoms with van der Waals surface area (Å²) in [5, 5.41) is 11.3. The van der Waals surface area contributed by atoms with E-state index in [1.165, 1.54) is 4.90 Å². The summed E-state index contributed by atoms with van der Waals surface area (Å²) >= 11 is 0. The Morgan fingerprint density at radius 3 is 2.64 bits per heavy atom. The molecule has 3 rings (SSSR count). The highest BCUT2D eigenvalue weighted by Crippen LogP contribution is 2.45. The van der Waals surface area contributed by atoms with Crippen molar-refractivity contribution in [2.45, 2.75) is 37.4 Å². The lowest BCUT2D eigenvalue weighted by molar-refractivity contribution is -0.200. The van der Waals surface area contributed by atoms with E-state index in [1.807, 2.05) is 18.2 Å². The van der Waals surface area contributed by atoms with Crippen LogP contribution in [-0.4, -0.2) is 52.6 Å². The maximum Gasteiger partial charge on any atom is 0.263 e. The first kappa shape index (κ1) is 17.5. The van der Waals surface area contributed by atoms with Gasteiger partial charge in [0.15, 0.2) is 11.4 Å². The Balaban J connectivity index is 2.01. The summed E-state index contributed by atoms with van der Waals surface area (Å²) in [5.74, 6) is 1.21. The fourth-order valence-electron chi connectivity index (χ4n) is 3.56. The lowest BCUT2D eigenvalue weighted by atomic mass is 9.72. The van der Waals surface area contributed by atoms with Gasteiger partial charge >= 0.3 is 0 Å². The predicted molar refractivity (Wildman–Crippen MR) is 93.2 cm³/mol. The van der Waals surface area contributed by atoms with E-state index >= 15 is 0 Å². The molecular formula is C20H21NO4. The van der Waals surface area contributed by atoms with Crippen LogP contribution in [0.4, 0.5) is 0 Å². The molecule has 25 heavy (non-hydrogen) atoms. The molecule has 0 aromatic heterocycles. The monoisotopic (exact) mass is 339 g/mol. The van der Waals surface area contributed by atoms with E-state index in [0.717, 1.165) is 0 Å². The highest BCUT2D eigenvalue weighted by atomic mass is 16.7. The molecule has 2 fully saturated rings. The number of β-lactam (4-membered cyclic amide) rings is 1. The van der Waals surface area contributed by atoms with Crippen molar-refractivity contribution in [1.29, 1.82) is 0 Å². The van der Waals surface area contributed by atoms with Gasteiger partial charge in [-0.25, -0.2) is 0 Å². The first-order valence-corrected chi connectivity index (χ1v) is 8.10. The average molecular weight is 339 g/mol. The van der Waals surface area contributed by atoms with Crippen LogP contribution in [0.25, 0.3) is 5.57 Å². The number of benzene rings is 1. The summed E-state index contributed by atoms with van der Waals surface area (Å²) in [6, 6.07) is 8.44. The molecule has 5 nitrogen and oxygen atoms in total. The van der Waals surface area contributed by atoms with Gasteiger partial charge in [-0.1, -0.05) is 42.8 Å². The Morgan fingerprint density at radius 1 is 1.44 bits per heavy atom. The molecular weight excluding hydrogens is 318 g/mol. The molecule has 2 aliphatic heterocycles. The van der Waals surface area contributed by atoms with E-state index in [4.69, 9.17) is 15.9 Å². The smallest absolute Gasteiger partial charge is 0.263 e. The molecule has 2 aliphatic rings. The molecule has 1 aromatic rings. The zero-order chi connectivity index (χ0) is 18.2. The van der Waals surface area contributed by atoms with Crippen LogP contribution in [0.15, 0.2) is 42.6 Å². The summed E-state index contributed by atoms with van der Waals surface area (Å²) in [6.45, 7) is 7.60. The second-order valence-electron chi connectivity index (χ2n) is 6.63. The summed E-state index contributed by atoms with van der Waals surface area (Å²) in [4.78, 5) is 14.2. The number of rotatable bonds is 4. The zero-order valence-electron chi connectivity index (χ0n) is 14.4. The van der Waals surface area contributed by atoms with Crippen molar-refractivity contribution in [3.63, 3.8) is 0 Å². The molecule has 0 radical (unpaired) electrons. The van der Waals surface area contributed by atoms with Gasteiger partial charge in [-0.3, -0.25) is 4.79 Å². The predicted octanol–water partition coefficient (Wildman–Crippen LogP) is 1.58. The second kappa shape index (κ2) is 6.18. The van der Waals surface area contributed by atoms with Crippen molar-refractivity contribution in [3.8, 4) is 12.3 Å². The van der Waals surface area contributed by atoms with Crippen LogP contribution in [0, 0.1) is 12.3 Å². The van der Waals surface area contributed by atoms with Gasteiger partial charge in [0.2, 0.25) is 0 Å². The third-order valence-corrected chi connectivity index (χ3v) is 4.62. The number of nitrogens with zero attached hydrogens (tertiary/aromatic N) is 1. The highest BCUT2D eigenvalue weighted by molar-refractivity contribution is 6.05. The molecule has 0 bridgehead atoms. The van der Waals surface area contributed by atoms with E-state index < -0.39 is 29.4 Å². The van der Waals surface area contributed by atoms with Gasteiger partial charge in [0.05, 0.1) is 13.2 Å². The van der Waals surface area contributed by atoms with E-state index in [0.29, 0.717) is 11.1 Å². The summed E-state index contributed by atoms with van der Waals surface area (Å²) in [6.07, 6.45) is 4.89. The van der Waals surface area contributed by atoms with Gasteiger partial charge in [-0.15, -0.1) is 12.2 Å². The van der Waals surface area contributed by atoms with Crippen LogP contribution < -0.4 is 0 Å². The normalized spacial score (nSPS) is 30.3. The molecule has 0 spiro atoms. The highest BCUT2D eigenvalue weighted by Gasteiger charge is 2.66. The van der Waals surface area contributed by atoms with Gasteiger partial charge in [0.25, 0.3) is 5.91 Å². The van der Waals surface area contributed by atoms with Crippen molar-refractivity contribution in [2.24, 2.45) is 0 Å². The summed E-state index contributed by atoms with van der Waals surface area (Å²) in [5.41, 5.74) is 1.95. The average Bonchev–Trinajstić information content (AvgIpc) is 2.95. The Bertz CT molecular complexity index is 773. The number of aliphatic hydroxyl groups is 1. The first-order chi connectivity index (χ1) is 11.8. The van der Waals surface area contributed by atoms with Gasteiger partial charge < -0.3 is 19.5 Å². The van der Waals surface area contributed by atoms with Crippen molar-refractivity contribution in [2.75, 3.05) is 13.2 Å². The van der Waals surface area contributed by atoms with Crippen molar-refractivity contribution >= 4 is 11.5 Å². The van der Waals surface area contributed by atoms with Crippen molar-refractivity contribution in [3.05, 3.63) is 48.2 Å². The van der Waals surface area contributed by atoms with Crippen molar-refractivity contribution < 1.29 is 19.4 Å². The number of likely N-dealkylation sites (tertiary alicyclic amines) is 1. The molecule has 0 unspecified atom stereocenters. The third-order valence-electron chi connectivity index (χ3n) is 4.62. The van der Waals surface area contributed by atoms with Gasteiger partial charge in [0, 0.05) is 5.57 Å². The fraction of sp³-hybridized carbons (Fsp3) is 0.400. The number of amides is 1. The van der Waals surface area contributed by atoms with Crippen LogP contribution in [0.1, 0.15) is 19.4 Å². The van der Waals surface area contributed by atoms with Crippen LogP contribution in [0.5, 0.6) is 0 Å². The third kappa shape index (κ3) is 2.70. The quantitative estimate of drug-likeness (QED) is 0.514. The molecule has 1 N–H and O–H groups in total. The number of terminal acetylenes is 1. The summed E-state index contributed by atoms with van der Waals surface area (Å²) in [7, 11) is 0. The lowest BCUT2D eigenvalue weighted by Crippen LogP contribution is -2.77. The lowest BCUT2D eigenvalue weighted by Gasteiger charge is -2.54. The topological polar surface area (TPSA) is 59.0 Å². The van der Waals surface area contributed by atoms with E-state index in [9.17, 15) is 9.90 Å². The standard InChI is InChI=1S/C20H21NO4/c1-5-12-21-17(16-13-24-19(3,4)25-16)20(23,18(21)22)15(6-2)14-10-8-7-9-11-14/h1,7-11,16-17,23H,2,12-13H2,3-4H3/t16-,17+,20-/m1/s1. The van der Waals surface area contributed by atoms with Gasteiger partial charge in [-0.2, -0.15) is 0 Å². The zero-order valence-corrected chi connectivity index (χ0v) is 14.4. The van der Waals surface area contributed by atoms with Crippen LogP contribution in [-0.2, 0) is 14.3 Å². The van der Waals surface area contributed by atoms with E-state index in [-0.39, 0.29) is 13.2 Å². The minimum Gasteiger partial charge on any atom is -0.373 e. The van der Waals surface area contributed by atoms with Gasteiger partial charge in [0.1, 0.15) is 12.1 Å². The molecule has 0 aliphatic carbocycles. The molecule has 3 atom stereocenters.